The highest BCUT2D eigenvalue weighted by atomic mass is 16.6. The van der Waals surface area contributed by atoms with Crippen molar-refractivity contribution in [3.8, 4) is 0 Å². The molecule has 0 saturated carbocycles. The largest absolute Gasteiger partial charge is 0.443 e. The van der Waals surface area contributed by atoms with Gasteiger partial charge in [0, 0.05) is 12.2 Å². The first kappa shape index (κ1) is 11.0. The Balaban J connectivity index is 2.24. The summed E-state index contributed by atoms with van der Waals surface area (Å²) in [6, 6.07) is 5.94. The molecule has 2 rings (SSSR count). The van der Waals surface area contributed by atoms with E-state index in [4.69, 9.17) is 10.5 Å². The molecule has 1 aromatic carbocycles. The third-order valence-electron chi connectivity index (χ3n) is 2.94. The van der Waals surface area contributed by atoms with Gasteiger partial charge in [0.2, 0.25) is 0 Å². The first-order valence-corrected chi connectivity index (χ1v) is 5.37. The average molecular weight is 220 g/mol. The van der Waals surface area contributed by atoms with Crippen molar-refractivity contribution in [2.24, 2.45) is 5.73 Å². The fourth-order valence-corrected chi connectivity index (χ4v) is 1.75. The smallest absolute Gasteiger partial charge is 0.414 e. The van der Waals surface area contributed by atoms with Crippen molar-refractivity contribution in [3.63, 3.8) is 0 Å². The summed E-state index contributed by atoms with van der Waals surface area (Å²) in [4.78, 5) is 13.2. The van der Waals surface area contributed by atoms with E-state index in [2.05, 4.69) is 0 Å². The normalized spacial score (nSPS) is 20.1. The van der Waals surface area contributed by atoms with E-state index in [1.54, 1.807) is 4.90 Å². The summed E-state index contributed by atoms with van der Waals surface area (Å²) in [5.74, 6) is 0. The molecule has 1 aliphatic heterocycles. The molecule has 1 aliphatic rings. The molecule has 4 heteroatoms. The van der Waals surface area contributed by atoms with E-state index >= 15 is 0 Å². The predicted octanol–water partition coefficient (Wildman–Crippen LogP) is 1.59. The Morgan fingerprint density at radius 1 is 1.44 bits per heavy atom. The number of amides is 1. The van der Waals surface area contributed by atoms with Crippen LogP contribution in [-0.2, 0) is 4.74 Å². The highest BCUT2D eigenvalue weighted by molar-refractivity contribution is 5.89. The van der Waals surface area contributed by atoms with E-state index in [0.717, 1.165) is 5.69 Å². The first-order valence-electron chi connectivity index (χ1n) is 5.37. The van der Waals surface area contributed by atoms with Crippen LogP contribution < -0.4 is 10.6 Å². The van der Waals surface area contributed by atoms with Crippen LogP contribution in [0, 0.1) is 13.8 Å². The van der Waals surface area contributed by atoms with Crippen LogP contribution in [0.15, 0.2) is 18.2 Å². The second-order valence-corrected chi connectivity index (χ2v) is 4.12. The molecule has 0 bridgehead atoms. The Morgan fingerprint density at radius 2 is 2.19 bits per heavy atom. The van der Waals surface area contributed by atoms with Crippen LogP contribution in [0.4, 0.5) is 10.5 Å². The number of cyclic esters (lactones) is 1. The Morgan fingerprint density at radius 3 is 2.75 bits per heavy atom. The van der Waals surface area contributed by atoms with Crippen LogP contribution >= 0.6 is 0 Å². The zero-order valence-corrected chi connectivity index (χ0v) is 9.56. The summed E-state index contributed by atoms with van der Waals surface area (Å²) in [6.07, 6.45) is -0.493. The summed E-state index contributed by atoms with van der Waals surface area (Å²) < 4.78 is 5.11. The van der Waals surface area contributed by atoms with Crippen LogP contribution in [0.1, 0.15) is 11.1 Å². The summed E-state index contributed by atoms with van der Waals surface area (Å²) in [7, 11) is 0. The molecule has 1 saturated heterocycles. The second-order valence-electron chi connectivity index (χ2n) is 4.12. The van der Waals surface area contributed by atoms with E-state index in [1.165, 1.54) is 11.1 Å². The molecule has 1 amide bonds. The van der Waals surface area contributed by atoms with Crippen LogP contribution in [0.25, 0.3) is 0 Å². The molecule has 0 spiro atoms. The zero-order chi connectivity index (χ0) is 11.7. The molecule has 0 aliphatic carbocycles. The molecule has 1 heterocycles. The molecule has 1 unspecified atom stereocenters. The van der Waals surface area contributed by atoms with E-state index in [1.807, 2.05) is 32.0 Å². The number of anilines is 1. The molecule has 1 aromatic rings. The summed E-state index contributed by atoms with van der Waals surface area (Å²) in [6.45, 7) is 4.98. The van der Waals surface area contributed by atoms with Crippen molar-refractivity contribution >= 4 is 11.8 Å². The van der Waals surface area contributed by atoms with Gasteiger partial charge >= 0.3 is 6.09 Å². The van der Waals surface area contributed by atoms with Gasteiger partial charge in [-0.25, -0.2) is 4.79 Å². The van der Waals surface area contributed by atoms with Gasteiger partial charge in [-0.15, -0.1) is 0 Å². The minimum Gasteiger partial charge on any atom is -0.443 e. The lowest BCUT2D eigenvalue weighted by Crippen LogP contribution is -2.27. The maximum absolute atomic E-state index is 11.6. The van der Waals surface area contributed by atoms with Crippen LogP contribution in [0.5, 0.6) is 0 Å². The molecule has 0 aromatic heterocycles. The van der Waals surface area contributed by atoms with E-state index in [-0.39, 0.29) is 12.2 Å². The highest BCUT2D eigenvalue weighted by Gasteiger charge is 2.31. The quantitative estimate of drug-likeness (QED) is 0.823. The van der Waals surface area contributed by atoms with E-state index in [0.29, 0.717) is 13.1 Å². The lowest BCUT2D eigenvalue weighted by molar-refractivity contribution is 0.145. The number of nitrogens with two attached hydrogens (primary N) is 1. The Hall–Kier alpha value is -1.55. The van der Waals surface area contributed by atoms with Gasteiger partial charge in [0.15, 0.2) is 0 Å². The molecule has 1 atom stereocenters. The number of aryl methyl sites for hydroxylation is 2. The molecule has 1 fully saturated rings. The topological polar surface area (TPSA) is 55.6 Å². The van der Waals surface area contributed by atoms with E-state index in [9.17, 15) is 4.79 Å². The van der Waals surface area contributed by atoms with Crippen LogP contribution in [0.2, 0.25) is 0 Å². The SMILES string of the molecule is Cc1ccc(N2CC(CN)OC2=O)cc1C. The maximum atomic E-state index is 11.6. The standard InChI is InChI=1S/C12H16N2O2/c1-8-3-4-10(5-9(8)2)14-7-11(6-13)16-12(14)15/h3-5,11H,6-7,13H2,1-2H3. The Bertz CT molecular complexity index is 417. The summed E-state index contributed by atoms with van der Waals surface area (Å²) in [5, 5.41) is 0. The van der Waals surface area contributed by atoms with E-state index < -0.39 is 0 Å². The minimum absolute atomic E-state index is 0.186. The lowest BCUT2D eigenvalue weighted by atomic mass is 10.1. The predicted molar refractivity (Wildman–Crippen MR) is 62.6 cm³/mol. The Kier molecular flexibility index (Phi) is 2.83. The van der Waals surface area contributed by atoms with Crippen molar-refractivity contribution in [2.75, 3.05) is 18.0 Å². The lowest BCUT2D eigenvalue weighted by Gasteiger charge is -2.14. The maximum Gasteiger partial charge on any atom is 0.414 e. The van der Waals surface area contributed by atoms with Gasteiger partial charge in [0.05, 0.1) is 6.54 Å². The number of carbonyl (C=O) groups excluding carboxylic acids is 1. The number of rotatable bonds is 2. The number of carbonyl (C=O) groups is 1. The molecule has 2 N–H and O–H groups in total. The number of nitrogens with zero attached hydrogens (tertiary/aromatic N) is 1. The summed E-state index contributed by atoms with van der Waals surface area (Å²) in [5.41, 5.74) is 8.75. The van der Waals surface area contributed by atoms with Gasteiger partial charge in [-0.3, -0.25) is 4.90 Å². The highest BCUT2D eigenvalue weighted by Crippen LogP contribution is 2.23. The number of hydrogen-bond acceptors (Lipinski definition) is 3. The fourth-order valence-electron chi connectivity index (χ4n) is 1.75. The number of ether oxygens (including phenoxy) is 1. The summed E-state index contributed by atoms with van der Waals surface area (Å²) >= 11 is 0. The molecule has 4 nitrogen and oxygen atoms in total. The molecular formula is C12H16N2O2. The fraction of sp³-hybridized carbons (Fsp3) is 0.417. The number of hydrogen-bond donors (Lipinski definition) is 1. The second kappa shape index (κ2) is 4.14. The van der Waals surface area contributed by atoms with Gasteiger partial charge in [-0.1, -0.05) is 6.07 Å². The first-order chi connectivity index (χ1) is 7.61. The zero-order valence-electron chi connectivity index (χ0n) is 9.56. The van der Waals surface area contributed by atoms with Crippen molar-refractivity contribution < 1.29 is 9.53 Å². The molecular weight excluding hydrogens is 204 g/mol. The average Bonchev–Trinajstić information content (AvgIpc) is 2.64. The third kappa shape index (κ3) is 1.88. The third-order valence-corrected chi connectivity index (χ3v) is 2.94. The Labute approximate surface area is 95.0 Å². The van der Waals surface area contributed by atoms with Crippen molar-refractivity contribution in [1.82, 2.24) is 0 Å². The molecule has 0 radical (unpaired) electrons. The van der Waals surface area contributed by atoms with Gasteiger partial charge in [0.25, 0.3) is 0 Å². The van der Waals surface area contributed by atoms with Gasteiger partial charge in [-0.05, 0) is 37.1 Å². The van der Waals surface area contributed by atoms with Crippen molar-refractivity contribution in [2.45, 2.75) is 20.0 Å². The van der Waals surface area contributed by atoms with Gasteiger partial charge in [0.1, 0.15) is 6.10 Å². The molecule has 86 valence electrons. The van der Waals surface area contributed by atoms with Gasteiger partial charge in [-0.2, -0.15) is 0 Å². The monoisotopic (exact) mass is 220 g/mol. The van der Waals surface area contributed by atoms with Crippen LogP contribution in [-0.4, -0.2) is 25.3 Å². The van der Waals surface area contributed by atoms with Crippen LogP contribution in [0.3, 0.4) is 0 Å². The van der Waals surface area contributed by atoms with Gasteiger partial charge < -0.3 is 10.5 Å². The van der Waals surface area contributed by atoms with Crippen molar-refractivity contribution in [3.05, 3.63) is 29.3 Å². The van der Waals surface area contributed by atoms with Crippen molar-refractivity contribution in [1.29, 1.82) is 0 Å². The molecule has 16 heavy (non-hydrogen) atoms. The minimum atomic E-state index is -0.307. The number of benzene rings is 1.